The number of amidine groups is 1. The minimum atomic E-state index is -0.622. The normalized spacial score (nSPS) is 12.3. The lowest BCUT2D eigenvalue weighted by atomic mass is 9.92. The number of para-hydroxylation sites is 1. The zero-order valence-corrected chi connectivity index (χ0v) is 43.3. The second-order valence-corrected chi connectivity index (χ2v) is 18.3. The number of nitrogen functional groups attached to an aromatic ring is 1. The quantitative estimate of drug-likeness (QED) is 0.0125. The molecule has 0 saturated heterocycles. The Morgan fingerprint density at radius 3 is 2.12 bits per heavy atom. The van der Waals surface area contributed by atoms with Gasteiger partial charge in [-0.3, -0.25) is 24.6 Å². The van der Waals surface area contributed by atoms with Crippen LogP contribution in [-0.2, 0) is 31.9 Å². The predicted octanol–water partition coefficient (Wildman–Crippen LogP) is 8.90. The number of ketones is 1. The van der Waals surface area contributed by atoms with Crippen molar-refractivity contribution in [1.29, 1.82) is 5.41 Å². The number of likely N-dealkylation sites (N-methyl/N-ethyl adjacent to an activating group) is 1. The zero-order chi connectivity index (χ0) is 49.5. The Labute approximate surface area is 424 Å². The Kier molecular flexibility index (Phi) is 19.9. The maximum atomic E-state index is 13.7. The summed E-state index contributed by atoms with van der Waals surface area (Å²) in [5, 5.41) is 22.4. The lowest BCUT2D eigenvalue weighted by Gasteiger charge is -2.23. The van der Waals surface area contributed by atoms with E-state index >= 15 is 0 Å². The molecule has 68 heavy (non-hydrogen) atoms. The molecule has 2 aromatic heterocycles. The standard InChI is InChI=1S/C27H31I2NO5.C25H26N4O4/c1-5-17(4)34-24(31)16-23-25(19-10-8-9-11-22(19)35-23)26(32)18-14-20(28)27(21(29)15-18)33-13-12-30(6-2)7-3;1-16(22(25(31)33-2)15-17-4-3-5-21(14-17)23(26)27)28-24(30)20-8-6-18(7-9-20)19-10-12-29(32)13-11-19/h8-11,14-15,17H,5-7,12-13,16H2,1-4H3;3-14,16,22H,15H2,1-2H3,(H3,26,27)(H,28,30)/t17-;16-,22-/m01/s1. The minimum Gasteiger partial charge on any atom is -0.619 e. The number of furan rings is 1. The molecule has 6 rings (SSSR count). The van der Waals surface area contributed by atoms with E-state index in [2.05, 4.69) is 69.2 Å². The molecule has 0 unspecified atom stereocenters. The molecule has 0 saturated carbocycles. The molecule has 0 radical (unpaired) electrons. The van der Waals surface area contributed by atoms with Crippen molar-refractivity contribution >= 4 is 85.6 Å². The minimum absolute atomic E-state index is 0.0565. The maximum absolute atomic E-state index is 13.7. The third-order valence-corrected chi connectivity index (χ3v) is 13.0. The summed E-state index contributed by atoms with van der Waals surface area (Å²) in [6.07, 6.45) is 3.58. The molecule has 0 aliphatic rings. The van der Waals surface area contributed by atoms with Gasteiger partial charge in [-0.25, -0.2) is 0 Å². The molecule has 3 atom stereocenters. The number of carbonyl (C=O) groups excluding carboxylic acids is 4. The zero-order valence-electron chi connectivity index (χ0n) is 39.0. The van der Waals surface area contributed by atoms with E-state index in [-0.39, 0.29) is 30.1 Å². The molecule has 0 aliphatic carbocycles. The predicted molar refractivity (Wildman–Crippen MR) is 279 cm³/mol. The number of esters is 2. The van der Waals surface area contributed by atoms with Gasteiger partial charge in [-0.05, 0) is 138 Å². The van der Waals surface area contributed by atoms with E-state index in [1.807, 2.05) is 50.2 Å². The monoisotopic (exact) mass is 1150 g/mol. The van der Waals surface area contributed by atoms with Gasteiger partial charge in [-0.2, -0.15) is 4.73 Å². The molecule has 2 heterocycles. The van der Waals surface area contributed by atoms with Crippen molar-refractivity contribution in [2.75, 3.05) is 33.4 Å². The first-order chi connectivity index (χ1) is 32.6. The highest BCUT2D eigenvalue weighted by molar-refractivity contribution is 14.1. The van der Waals surface area contributed by atoms with E-state index in [0.29, 0.717) is 56.7 Å². The van der Waals surface area contributed by atoms with Gasteiger partial charge in [0.15, 0.2) is 18.2 Å². The van der Waals surface area contributed by atoms with Crippen LogP contribution in [0.4, 0.5) is 0 Å². The maximum Gasteiger partial charge on any atom is 0.313 e. The second-order valence-electron chi connectivity index (χ2n) is 16.0. The molecule has 0 fully saturated rings. The molecule has 1 amide bonds. The van der Waals surface area contributed by atoms with E-state index in [1.54, 1.807) is 67.6 Å². The van der Waals surface area contributed by atoms with Crippen LogP contribution in [0.15, 0.2) is 114 Å². The lowest BCUT2D eigenvalue weighted by molar-refractivity contribution is -0.605. The summed E-state index contributed by atoms with van der Waals surface area (Å²) < 4.78 is 24.9. The highest BCUT2D eigenvalue weighted by Crippen LogP contribution is 2.33. The Bertz CT molecular complexity index is 2680. The highest BCUT2D eigenvalue weighted by atomic mass is 127. The Hall–Kier alpha value is -5.86. The van der Waals surface area contributed by atoms with Gasteiger partial charge < -0.3 is 39.8 Å². The van der Waals surface area contributed by atoms with E-state index in [1.165, 1.54) is 19.5 Å². The lowest BCUT2D eigenvalue weighted by Crippen LogP contribution is -2.42. The molecule has 4 N–H and O–H groups in total. The first kappa shape index (κ1) is 53.1. The van der Waals surface area contributed by atoms with Crippen LogP contribution in [-0.4, -0.2) is 79.9 Å². The molecule has 4 aromatic carbocycles. The van der Waals surface area contributed by atoms with Gasteiger partial charge >= 0.3 is 11.9 Å². The molecule has 6 aromatic rings. The number of nitrogens with zero attached hydrogens (tertiary/aromatic N) is 2. The average molecular weight is 1150 g/mol. The van der Waals surface area contributed by atoms with Crippen LogP contribution in [0.3, 0.4) is 0 Å². The molecule has 0 aliphatic heterocycles. The fraction of sp³-hybridized carbons (Fsp3) is 0.308. The van der Waals surface area contributed by atoms with Crippen LogP contribution in [0.5, 0.6) is 5.75 Å². The fourth-order valence-electron chi connectivity index (χ4n) is 7.29. The third kappa shape index (κ3) is 14.3. The van der Waals surface area contributed by atoms with E-state index in [4.69, 9.17) is 29.8 Å². The number of rotatable bonds is 20. The van der Waals surface area contributed by atoms with Gasteiger partial charge in [0.25, 0.3) is 5.91 Å². The molecular weight excluding hydrogens is 1090 g/mol. The van der Waals surface area contributed by atoms with Crippen molar-refractivity contribution in [1.82, 2.24) is 10.2 Å². The Balaban J connectivity index is 0.000000255. The first-order valence-corrected chi connectivity index (χ1v) is 24.4. The number of benzene rings is 4. The number of carbonyl (C=O) groups is 4. The number of aromatic nitrogens is 1. The highest BCUT2D eigenvalue weighted by Gasteiger charge is 2.29. The number of halogens is 2. The number of pyridine rings is 1. The van der Waals surface area contributed by atoms with Gasteiger partial charge in [0.05, 0.1) is 31.8 Å². The van der Waals surface area contributed by atoms with Crippen LogP contribution >= 0.6 is 45.2 Å². The van der Waals surface area contributed by atoms with Crippen molar-refractivity contribution in [3.63, 3.8) is 0 Å². The van der Waals surface area contributed by atoms with Crippen molar-refractivity contribution in [3.8, 4) is 16.9 Å². The van der Waals surface area contributed by atoms with Crippen molar-refractivity contribution in [2.45, 2.75) is 66.0 Å². The summed E-state index contributed by atoms with van der Waals surface area (Å²) in [5.74, 6) is -0.918. The summed E-state index contributed by atoms with van der Waals surface area (Å²) in [4.78, 5) is 53.8. The van der Waals surface area contributed by atoms with Crippen LogP contribution in [0, 0.1) is 23.7 Å². The van der Waals surface area contributed by atoms with E-state index in [9.17, 15) is 24.4 Å². The Morgan fingerprint density at radius 2 is 1.50 bits per heavy atom. The topological polar surface area (TPSA) is 201 Å². The third-order valence-electron chi connectivity index (χ3n) is 11.4. The first-order valence-electron chi connectivity index (χ1n) is 22.3. The van der Waals surface area contributed by atoms with Crippen LogP contribution < -0.4 is 20.5 Å². The molecule has 14 nitrogen and oxygen atoms in total. The molecular formula is C52H57I2N5O9. The Morgan fingerprint density at radius 1 is 0.853 bits per heavy atom. The average Bonchev–Trinajstić information content (AvgIpc) is 3.70. The van der Waals surface area contributed by atoms with Gasteiger partial charge in [0.1, 0.15) is 36.0 Å². The van der Waals surface area contributed by atoms with Crippen LogP contribution in [0.1, 0.15) is 84.2 Å². The number of nitrogens with one attached hydrogen (secondary N) is 2. The second kappa shape index (κ2) is 25.5. The molecule has 16 heteroatoms. The van der Waals surface area contributed by atoms with Gasteiger partial charge in [-0.1, -0.05) is 69.3 Å². The summed E-state index contributed by atoms with van der Waals surface area (Å²) >= 11 is 4.42. The van der Waals surface area contributed by atoms with Crippen LogP contribution in [0.2, 0.25) is 0 Å². The number of ether oxygens (including phenoxy) is 3. The summed E-state index contributed by atoms with van der Waals surface area (Å²) in [6.45, 7) is 13.2. The summed E-state index contributed by atoms with van der Waals surface area (Å²) in [6, 6.07) is 28.0. The number of fused-ring (bicyclic) bond motifs is 1. The molecule has 0 bridgehead atoms. The smallest absolute Gasteiger partial charge is 0.313 e. The summed E-state index contributed by atoms with van der Waals surface area (Å²) in [5.41, 5.74) is 10.6. The van der Waals surface area contributed by atoms with Crippen molar-refractivity contribution < 1.29 is 42.5 Å². The number of nitrogens with two attached hydrogens (primary N) is 1. The fourth-order valence-corrected chi connectivity index (χ4v) is 9.36. The van der Waals surface area contributed by atoms with Crippen molar-refractivity contribution in [2.24, 2.45) is 11.7 Å². The molecule has 0 spiro atoms. The van der Waals surface area contributed by atoms with Crippen LogP contribution in [0.25, 0.3) is 22.1 Å². The largest absolute Gasteiger partial charge is 0.619 e. The molecule has 358 valence electrons. The van der Waals surface area contributed by atoms with Gasteiger partial charge in [0, 0.05) is 46.8 Å². The van der Waals surface area contributed by atoms with Gasteiger partial charge in [0.2, 0.25) is 0 Å². The van der Waals surface area contributed by atoms with Crippen molar-refractivity contribution in [3.05, 3.63) is 155 Å². The van der Waals surface area contributed by atoms with Gasteiger partial charge in [-0.15, -0.1) is 0 Å². The summed E-state index contributed by atoms with van der Waals surface area (Å²) in [7, 11) is 1.31. The number of hydrogen-bond acceptors (Lipinski definition) is 11. The van der Waals surface area contributed by atoms with E-state index < -0.39 is 23.9 Å². The number of methoxy groups -OCH3 is 1. The number of amides is 1. The van der Waals surface area contributed by atoms with E-state index in [0.717, 1.165) is 55.6 Å². The number of hydrogen-bond donors (Lipinski definition) is 3. The SMILES string of the molecule is CC[C@H](C)OC(=O)Cc1oc2ccccc2c1C(=O)c1cc(I)c(OCCN(CC)CC)c(I)c1.COC(=O)[C@H](Cc1cccc(C(=N)N)c1)[C@@H](C)NC(=O)c1ccc(-c2cc[n+]([O-])cc2)cc1.